The Morgan fingerprint density at radius 2 is 1.79 bits per heavy atom. The van der Waals surface area contributed by atoms with Gasteiger partial charge in [0.15, 0.2) is 0 Å². The van der Waals surface area contributed by atoms with E-state index in [1.807, 2.05) is 0 Å². The van der Waals surface area contributed by atoms with Crippen LogP contribution in [0.1, 0.15) is 44.6 Å². The SMILES string of the molecule is CC(Cc1ccccc1)N1CCOC(C(=O)NC2C3CC4CC(C3)CC2C4)C1. The number of carbonyl (C=O) groups is 1. The second-order valence-corrected chi connectivity index (χ2v) is 9.86. The van der Waals surface area contributed by atoms with Gasteiger partial charge in [0.2, 0.25) is 0 Å². The molecule has 4 saturated carbocycles. The number of nitrogens with zero attached hydrogens (tertiary/aromatic N) is 1. The maximum atomic E-state index is 13.1. The van der Waals surface area contributed by atoms with Crippen molar-refractivity contribution in [2.45, 2.75) is 63.6 Å². The molecule has 2 unspecified atom stereocenters. The highest BCUT2D eigenvalue weighted by molar-refractivity contribution is 5.81. The summed E-state index contributed by atoms with van der Waals surface area (Å²) < 4.78 is 5.91. The molecule has 4 bridgehead atoms. The predicted molar refractivity (Wildman–Crippen MR) is 110 cm³/mol. The van der Waals surface area contributed by atoms with Gasteiger partial charge in [-0.3, -0.25) is 9.69 Å². The van der Waals surface area contributed by atoms with Crippen LogP contribution in [0.5, 0.6) is 0 Å². The van der Waals surface area contributed by atoms with Gasteiger partial charge in [0.05, 0.1) is 6.61 Å². The van der Waals surface area contributed by atoms with E-state index in [4.69, 9.17) is 4.74 Å². The number of amides is 1. The molecular formula is C24H34N2O2. The fourth-order valence-electron chi connectivity index (χ4n) is 6.73. The lowest BCUT2D eigenvalue weighted by atomic mass is 9.54. The monoisotopic (exact) mass is 382 g/mol. The Morgan fingerprint density at radius 3 is 2.46 bits per heavy atom. The van der Waals surface area contributed by atoms with Crippen molar-refractivity contribution >= 4 is 5.91 Å². The third kappa shape index (κ3) is 3.73. The van der Waals surface area contributed by atoms with E-state index < -0.39 is 0 Å². The third-order valence-corrected chi connectivity index (χ3v) is 7.92. The summed E-state index contributed by atoms with van der Waals surface area (Å²) in [5, 5.41) is 3.45. The topological polar surface area (TPSA) is 41.6 Å². The molecule has 152 valence electrons. The van der Waals surface area contributed by atoms with Crippen molar-refractivity contribution in [2.24, 2.45) is 23.7 Å². The van der Waals surface area contributed by atoms with Gasteiger partial charge in [-0.05, 0) is 74.7 Å². The number of carbonyl (C=O) groups excluding carboxylic acids is 1. The summed E-state index contributed by atoms with van der Waals surface area (Å²) >= 11 is 0. The number of ether oxygens (including phenoxy) is 1. The van der Waals surface area contributed by atoms with E-state index in [0.29, 0.717) is 25.2 Å². The first-order valence-electron chi connectivity index (χ1n) is 11.4. The average Bonchev–Trinajstić information content (AvgIpc) is 2.71. The van der Waals surface area contributed by atoms with Crippen molar-refractivity contribution in [2.75, 3.05) is 19.7 Å². The molecule has 1 aromatic rings. The molecule has 4 nitrogen and oxygen atoms in total. The molecule has 1 heterocycles. The third-order valence-electron chi connectivity index (χ3n) is 7.92. The zero-order valence-electron chi connectivity index (χ0n) is 17.1. The molecule has 0 aromatic heterocycles. The summed E-state index contributed by atoms with van der Waals surface area (Å²) in [5.41, 5.74) is 1.36. The van der Waals surface area contributed by atoms with Crippen LogP contribution in [0.2, 0.25) is 0 Å². The number of rotatable bonds is 5. The van der Waals surface area contributed by atoms with Crippen LogP contribution in [0.15, 0.2) is 30.3 Å². The number of nitrogens with one attached hydrogen (secondary N) is 1. The van der Waals surface area contributed by atoms with Gasteiger partial charge in [-0.25, -0.2) is 0 Å². The van der Waals surface area contributed by atoms with Crippen LogP contribution in [0.25, 0.3) is 0 Å². The lowest BCUT2D eigenvalue weighted by molar-refractivity contribution is -0.143. The van der Waals surface area contributed by atoms with Crippen LogP contribution in [-0.4, -0.2) is 48.7 Å². The summed E-state index contributed by atoms with van der Waals surface area (Å²) in [4.78, 5) is 15.5. The second-order valence-electron chi connectivity index (χ2n) is 9.86. The largest absolute Gasteiger partial charge is 0.366 e. The van der Waals surface area contributed by atoms with Crippen LogP contribution in [0.4, 0.5) is 0 Å². The van der Waals surface area contributed by atoms with Crippen LogP contribution >= 0.6 is 0 Å². The number of morpholine rings is 1. The normalized spacial score (nSPS) is 38.3. The molecule has 5 fully saturated rings. The van der Waals surface area contributed by atoms with Crippen molar-refractivity contribution in [3.05, 3.63) is 35.9 Å². The molecule has 1 amide bonds. The lowest BCUT2D eigenvalue weighted by Crippen LogP contribution is -2.59. The summed E-state index contributed by atoms with van der Waals surface area (Å²) in [6.45, 7) is 4.55. The second kappa shape index (κ2) is 7.79. The minimum Gasteiger partial charge on any atom is -0.366 e. The highest BCUT2D eigenvalue weighted by Gasteiger charge is 2.49. The molecule has 28 heavy (non-hydrogen) atoms. The highest BCUT2D eigenvalue weighted by atomic mass is 16.5. The fourth-order valence-corrected chi connectivity index (χ4v) is 6.73. The van der Waals surface area contributed by atoms with Crippen molar-refractivity contribution in [3.63, 3.8) is 0 Å². The molecule has 1 N–H and O–H groups in total. The smallest absolute Gasteiger partial charge is 0.250 e. The fraction of sp³-hybridized carbons (Fsp3) is 0.708. The van der Waals surface area contributed by atoms with Gasteiger partial charge in [0.25, 0.3) is 5.91 Å². The zero-order valence-corrected chi connectivity index (χ0v) is 17.1. The van der Waals surface area contributed by atoms with E-state index >= 15 is 0 Å². The average molecular weight is 383 g/mol. The molecule has 6 rings (SSSR count). The van der Waals surface area contributed by atoms with Gasteiger partial charge in [0, 0.05) is 25.2 Å². The molecule has 5 aliphatic rings. The molecular weight excluding hydrogens is 348 g/mol. The van der Waals surface area contributed by atoms with E-state index in [9.17, 15) is 4.79 Å². The molecule has 4 heteroatoms. The van der Waals surface area contributed by atoms with E-state index in [1.165, 1.54) is 37.7 Å². The minimum atomic E-state index is -0.316. The Morgan fingerprint density at radius 1 is 1.11 bits per heavy atom. The summed E-state index contributed by atoms with van der Waals surface area (Å²) in [7, 11) is 0. The van der Waals surface area contributed by atoms with E-state index in [0.717, 1.165) is 36.6 Å². The maximum Gasteiger partial charge on any atom is 0.250 e. The Kier molecular flexibility index (Phi) is 5.18. The van der Waals surface area contributed by atoms with Crippen molar-refractivity contribution in [1.82, 2.24) is 10.2 Å². The quantitative estimate of drug-likeness (QED) is 0.850. The Labute approximate surface area is 169 Å². The zero-order chi connectivity index (χ0) is 19.1. The number of hydrogen-bond acceptors (Lipinski definition) is 3. The number of benzene rings is 1. The van der Waals surface area contributed by atoms with Gasteiger partial charge < -0.3 is 10.1 Å². The highest BCUT2D eigenvalue weighted by Crippen LogP contribution is 2.53. The van der Waals surface area contributed by atoms with Gasteiger partial charge in [-0.1, -0.05) is 30.3 Å². The van der Waals surface area contributed by atoms with Crippen molar-refractivity contribution < 1.29 is 9.53 Å². The van der Waals surface area contributed by atoms with Gasteiger partial charge >= 0.3 is 0 Å². The standard InChI is InChI=1S/C24H34N2O2/c1-16(9-17-5-3-2-4-6-17)26-7-8-28-22(15-26)24(27)25-23-20-11-18-10-19(13-20)14-21(23)12-18/h2-6,16,18-23H,7-15H2,1H3,(H,25,27). The van der Waals surface area contributed by atoms with Gasteiger partial charge in [-0.2, -0.15) is 0 Å². The Balaban J connectivity index is 1.18. The van der Waals surface area contributed by atoms with Crippen LogP contribution in [0, 0.1) is 23.7 Å². The van der Waals surface area contributed by atoms with Gasteiger partial charge in [0.1, 0.15) is 6.10 Å². The summed E-state index contributed by atoms with van der Waals surface area (Å²) in [5.74, 6) is 3.45. The molecule has 1 aromatic carbocycles. The first-order chi connectivity index (χ1) is 13.7. The molecule has 2 atom stereocenters. The molecule has 4 aliphatic carbocycles. The number of hydrogen-bond donors (Lipinski definition) is 1. The molecule has 1 saturated heterocycles. The lowest BCUT2D eigenvalue weighted by Gasteiger charge is -2.54. The summed E-state index contributed by atoms with van der Waals surface area (Å²) in [6, 6.07) is 11.5. The van der Waals surface area contributed by atoms with Crippen LogP contribution < -0.4 is 5.32 Å². The molecule has 0 spiro atoms. The van der Waals surface area contributed by atoms with E-state index in [1.54, 1.807) is 0 Å². The molecule has 0 radical (unpaired) electrons. The first kappa shape index (κ1) is 18.6. The van der Waals surface area contributed by atoms with Crippen LogP contribution in [-0.2, 0) is 16.0 Å². The van der Waals surface area contributed by atoms with Crippen molar-refractivity contribution in [3.8, 4) is 0 Å². The molecule has 1 aliphatic heterocycles. The predicted octanol–water partition coefficient (Wildman–Crippen LogP) is 3.26. The van der Waals surface area contributed by atoms with Crippen molar-refractivity contribution in [1.29, 1.82) is 0 Å². The maximum absolute atomic E-state index is 13.1. The minimum absolute atomic E-state index is 0.133. The van der Waals surface area contributed by atoms with E-state index in [-0.39, 0.29) is 12.0 Å². The summed E-state index contributed by atoms with van der Waals surface area (Å²) in [6.07, 6.45) is 7.50. The van der Waals surface area contributed by atoms with E-state index in [2.05, 4.69) is 47.5 Å². The van der Waals surface area contributed by atoms with Crippen LogP contribution in [0.3, 0.4) is 0 Å². The first-order valence-corrected chi connectivity index (χ1v) is 11.4. The van der Waals surface area contributed by atoms with Gasteiger partial charge in [-0.15, -0.1) is 0 Å². The Bertz CT molecular complexity index is 663. The Hall–Kier alpha value is -1.39.